The molecule has 2 fully saturated rings. The van der Waals surface area contributed by atoms with E-state index in [0.29, 0.717) is 6.42 Å². The third-order valence-electron chi connectivity index (χ3n) is 5.46. The Morgan fingerprint density at radius 3 is 2.54 bits per heavy atom. The molecule has 1 saturated heterocycles. The van der Waals surface area contributed by atoms with Crippen LogP contribution in [0.15, 0.2) is 30.3 Å². The highest BCUT2D eigenvalue weighted by Crippen LogP contribution is 2.36. The molecule has 1 saturated carbocycles. The zero-order chi connectivity index (χ0) is 16.8. The predicted molar refractivity (Wildman–Crippen MR) is 101 cm³/mol. The largest absolute Gasteiger partial charge is 0.354 e. The Bertz CT molecular complexity index is 525. The third-order valence-corrected chi connectivity index (χ3v) is 6.41. The molecule has 0 aromatic heterocycles. The van der Waals surface area contributed by atoms with Gasteiger partial charge in [0.15, 0.2) is 0 Å². The summed E-state index contributed by atoms with van der Waals surface area (Å²) in [6.45, 7) is 3.09. The van der Waals surface area contributed by atoms with Gasteiger partial charge in [-0.1, -0.05) is 43.2 Å². The van der Waals surface area contributed by atoms with E-state index in [9.17, 15) is 4.79 Å². The highest BCUT2D eigenvalue weighted by molar-refractivity contribution is 7.99. The first-order valence-electron chi connectivity index (χ1n) is 9.10. The average molecular weight is 348 g/mol. The molecule has 5 heteroatoms. The molecule has 1 aliphatic carbocycles. The standard InChI is InChI=1S/C19H29N3OS/c20-17(16-6-2-1-3-7-16)14-18(23)21-15-19(8-4-5-9-19)22-10-12-24-13-11-22/h1-3,6-7,17H,4-5,8-15,20H2,(H,21,23). The van der Waals surface area contributed by atoms with Gasteiger partial charge in [0.25, 0.3) is 0 Å². The Kier molecular flexibility index (Phi) is 6.19. The summed E-state index contributed by atoms with van der Waals surface area (Å²) < 4.78 is 0. The van der Waals surface area contributed by atoms with Crippen molar-refractivity contribution in [3.63, 3.8) is 0 Å². The minimum Gasteiger partial charge on any atom is -0.354 e. The fourth-order valence-corrected chi connectivity index (χ4v) is 4.93. The van der Waals surface area contributed by atoms with E-state index >= 15 is 0 Å². The van der Waals surface area contributed by atoms with Gasteiger partial charge in [-0.05, 0) is 18.4 Å². The normalized spacial score (nSPS) is 22.2. The molecule has 1 amide bonds. The van der Waals surface area contributed by atoms with Crippen LogP contribution >= 0.6 is 11.8 Å². The lowest BCUT2D eigenvalue weighted by Gasteiger charge is -2.43. The lowest BCUT2D eigenvalue weighted by atomic mass is 9.94. The lowest BCUT2D eigenvalue weighted by Crippen LogP contribution is -2.56. The van der Waals surface area contributed by atoms with Crippen LogP contribution in [0.5, 0.6) is 0 Å². The van der Waals surface area contributed by atoms with E-state index in [2.05, 4.69) is 10.2 Å². The molecule has 3 rings (SSSR count). The van der Waals surface area contributed by atoms with Gasteiger partial charge in [0.05, 0.1) is 0 Å². The number of nitrogens with zero attached hydrogens (tertiary/aromatic N) is 1. The summed E-state index contributed by atoms with van der Waals surface area (Å²) in [4.78, 5) is 15.0. The van der Waals surface area contributed by atoms with Crippen LogP contribution in [0, 0.1) is 0 Å². The minimum atomic E-state index is -0.225. The van der Waals surface area contributed by atoms with Crippen LogP contribution in [0.3, 0.4) is 0 Å². The van der Waals surface area contributed by atoms with Gasteiger partial charge in [-0.2, -0.15) is 11.8 Å². The number of rotatable bonds is 6. The molecule has 0 spiro atoms. The van der Waals surface area contributed by atoms with Gasteiger partial charge in [0.1, 0.15) is 0 Å². The zero-order valence-electron chi connectivity index (χ0n) is 14.4. The van der Waals surface area contributed by atoms with E-state index in [4.69, 9.17) is 5.73 Å². The molecule has 24 heavy (non-hydrogen) atoms. The topological polar surface area (TPSA) is 58.4 Å². The lowest BCUT2D eigenvalue weighted by molar-refractivity contribution is -0.122. The van der Waals surface area contributed by atoms with Crippen molar-refractivity contribution in [1.29, 1.82) is 0 Å². The number of carbonyl (C=O) groups is 1. The molecule has 4 nitrogen and oxygen atoms in total. The van der Waals surface area contributed by atoms with Crippen LogP contribution in [0.2, 0.25) is 0 Å². The van der Waals surface area contributed by atoms with Crippen LogP contribution in [-0.4, -0.2) is 47.5 Å². The summed E-state index contributed by atoms with van der Waals surface area (Å²) in [5, 5.41) is 3.20. The van der Waals surface area contributed by atoms with Crippen LogP contribution in [0.1, 0.15) is 43.7 Å². The van der Waals surface area contributed by atoms with Gasteiger partial charge in [-0.3, -0.25) is 9.69 Å². The van der Waals surface area contributed by atoms with Crippen LogP contribution in [-0.2, 0) is 4.79 Å². The van der Waals surface area contributed by atoms with Crippen molar-refractivity contribution in [1.82, 2.24) is 10.2 Å². The molecule has 1 aliphatic heterocycles. The van der Waals surface area contributed by atoms with Gasteiger partial charge in [-0.25, -0.2) is 0 Å². The van der Waals surface area contributed by atoms with E-state index in [1.54, 1.807) is 0 Å². The Hall–Kier alpha value is -1.04. The monoisotopic (exact) mass is 347 g/mol. The number of benzene rings is 1. The maximum absolute atomic E-state index is 12.4. The fraction of sp³-hybridized carbons (Fsp3) is 0.632. The number of hydrogen-bond donors (Lipinski definition) is 2. The number of thioether (sulfide) groups is 1. The molecule has 1 heterocycles. The van der Waals surface area contributed by atoms with Gasteiger partial charge < -0.3 is 11.1 Å². The van der Waals surface area contributed by atoms with Crippen molar-refractivity contribution in [3.8, 4) is 0 Å². The molecule has 3 N–H and O–H groups in total. The average Bonchev–Trinajstić information content (AvgIpc) is 3.12. The summed E-state index contributed by atoms with van der Waals surface area (Å²) in [6, 6.07) is 9.65. The molecular weight excluding hydrogens is 318 g/mol. The molecule has 1 aromatic carbocycles. The van der Waals surface area contributed by atoms with Crippen molar-refractivity contribution in [3.05, 3.63) is 35.9 Å². The molecule has 1 atom stereocenters. The Balaban J connectivity index is 1.53. The van der Waals surface area contributed by atoms with Crippen LogP contribution in [0.4, 0.5) is 0 Å². The van der Waals surface area contributed by atoms with E-state index in [-0.39, 0.29) is 17.5 Å². The Morgan fingerprint density at radius 1 is 1.21 bits per heavy atom. The van der Waals surface area contributed by atoms with Gasteiger partial charge in [0, 0.05) is 49.1 Å². The number of carbonyl (C=O) groups excluding carboxylic acids is 1. The molecule has 1 aromatic rings. The molecule has 132 valence electrons. The summed E-state index contributed by atoms with van der Waals surface area (Å²) in [5.41, 5.74) is 7.39. The summed E-state index contributed by atoms with van der Waals surface area (Å²) in [7, 11) is 0. The van der Waals surface area contributed by atoms with E-state index in [1.807, 2.05) is 42.1 Å². The van der Waals surface area contributed by atoms with Crippen LogP contribution < -0.4 is 11.1 Å². The van der Waals surface area contributed by atoms with E-state index in [0.717, 1.165) is 25.2 Å². The zero-order valence-corrected chi connectivity index (χ0v) is 15.2. The molecule has 0 radical (unpaired) electrons. The molecule has 1 unspecified atom stereocenters. The second-order valence-electron chi connectivity index (χ2n) is 7.03. The van der Waals surface area contributed by atoms with Gasteiger partial charge >= 0.3 is 0 Å². The summed E-state index contributed by atoms with van der Waals surface area (Å²) >= 11 is 2.04. The summed E-state index contributed by atoms with van der Waals surface area (Å²) in [5.74, 6) is 2.51. The maximum atomic E-state index is 12.4. The van der Waals surface area contributed by atoms with Gasteiger partial charge in [0.2, 0.25) is 5.91 Å². The van der Waals surface area contributed by atoms with Crippen LogP contribution in [0.25, 0.3) is 0 Å². The highest BCUT2D eigenvalue weighted by atomic mass is 32.2. The Labute approximate surface area is 149 Å². The van der Waals surface area contributed by atoms with Crippen molar-refractivity contribution < 1.29 is 4.79 Å². The smallest absolute Gasteiger partial charge is 0.221 e. The second kappa shape index (κ2) is 8.37. The van der Waals surface area contributed by atoms with E-state index in [1.165, 1.54) is 37.2 Å². The number of hydrogen-bond acceptors (Lipinski definition) is 4. The van der Waals surface area contributed by atoms with Crippen molar-refractivity contribution in [2.75, 3.05) is 31.1 Å². The Morgan fingerprint density at radius 2 is 1.88 bits per heavy atom. The predicted octanol–water partition coefficient (Wildman–Crippen LogP) is 2.55. The maximum Gasteiger partial charge on any atom is 0.221 e. The van der Waals surface area contributed by atoms with Crippen molar-refractivity contribution in [2.45, 2.75) is 43.7 Å². The first-order chi connectivity index (χ1) is 11.7. The minimum absolute atomic E-state index is 0.0732. The second-order valence-corrected chi connectivity index (χ2v) is 8.25. The number of amides is 1. The first kappa shape index (κ1) is 17.8. The fourth-order valence-electron chi connectivity index (χ4n) is 4.03. The first-order valence-corrected chi connectivity index (χ1v) is 10.3. The van der Waals surface area contributed by atoms with Gasteiger partial charge in [-0.15, -0.1) is 0 Å². The quantitative estimate of drug-likeness (QED) is 0.830. The number of nitrogens with two attached hydrogens (primary N) is 1. The van der Waals surface area contributed by atoms with Crippen molar-refractivity contribution in [2.24, 2.45) is 5.73 Å². The highest BCUT2D eigenvalue weighted by Gasteiger charge is 2.40. The molecular formula is C19H29N3OS. The van der Waals surface area contributed by atoms with E-state index < -0.39 is 0 Å². The number of nitrogens with one attached hydrogen (secondary N) is 1. The SMILES string of the molecule is NC(CC(=O)NCC1(N2CCSCC2)CCCC1)c1ccccc1. The molecule has 2 aliphatic rings. The molecule has 0 bridgehead atoms. The van der Waals surface area contributed by atoms with Crippen molar-refractivity contribution >= 4 is 17.7 Å². The third kappa shape index (κ3) is 4.32. The summed E-state index contributed by atoms with van der Waals surface area (Å²) in [6.07, 6.45) is 5.34.